The Hall–Kier alpha value is -0.810. The van der Waals surface area contributed by atoms with E-state index in [2.05, 4.69) is 12.7 Å². The smallest absolute Gasteiger partial charge is 0.402 e. The van der Waals surface area contributed by atoms with Crippen molar-refractivity contribution < 1.29 is 9.90 Å². The van der Waals surface area contributed by atoms with Gasteiger partial charge in [0, 0.05) is 0 Å². The van der Waals surface area contributed by atoms with Crippen LogP contribution >= 0.6 is 0 Å². The minimum Gasteiger partial charge on any atom is -0.465 e. The summed E-state index contributed by atoms with van der Waals surface area (Å²) in [4.78, 5) is 8.78. The number of carboxylic acid groups (broad SMARTS) is 1. The van der Waals surface area contributed by atoms with Crippen molar-refractivity contribution in [2.75, 3.05) is 6.54 Å². The number of hydrogen-bond donors (Lipinski definition) is 4. The molecule has 0 rings (SSSR count). The first-order chi connectivity index (χ1) is 5.15. The molecule has 0 bridgehead atoms. The maximum atomic E-state index is 8.78. The Balaban J connectivity index is -0.000000142. The van der Waals surface area contributed by atoms with Crippen molar-refractivity contribution in [3.63, 3.8) is 0 Å². The van der Waals surface area contributed by atoms with Crippen LogP contribution in [0.4, 0.5) is 4.79 Å². The first kappa shape index (κ1) is 17.3. The third kappa shape index (κ3) is 60.6. The van der Waals surface area contributed by atoms with Crippen LogP contribution in [0.3, 0.4) is 0 Å². The van der Waals surface area contributed by atoms with Gasteiger partial charge < -0.3 is 22.7 Å². The number of primary amides is 1. The van der Waals surface area contributed by atoms with E-state index in [1.54, 1.807) is 0 Å². The quantitative estimate of drug-likeness (QED) is 0.485. The van der Waals surface area contributed by atoms with Crippen LogP contribution in [-0.4, -0.2) is 17.7 Å². The first-order valence-corrected chi connectivity index (χ1v) is 3.83. The van der Waals surface area contributed by atoms with E-state index in [1.165, 1.54) is 25.7 Å². The van der Waals surface area contributed by atoms with E-state index >= 15 is 0 Å². The molecule has 0 aromatic rings. The Morgan fingerprint density at radius 2 is 1.75 bits per heavy atom. The van der Waals surface area contributed by atoms with Crippen LogP contribution in [0.5, 0.6) is 0 Å². The van der Waals surface area contributed by atoms with Gasteiger partial charge in [0.25, 0.3) is 0 Å². The summed E-state index contributed by atoms with van der Waals surface area (Å²) >= 11 is 0. The van der Waals surface area contributed by atoms with Gasteiger partial charge in [0.1, 0.15) is 0 Å². The fraction of sp³-hybridized carbons (Fsp3) is 0.857. The number of hydrogen-bond acceptors (Lipinski definition) is 3. The molecule has 0 spiro atoms. The van der Waals surface area contributed by atoms with Gasteiger partial charge in [0.2, 0.25) is 0 Å². The fourth-order valence-electron chi connectivity index (χ4n) is 0.571. The molecule has 1 amide bonds. The minimum absolute atomic E-state index is 0. The molecule has 0 aromatic carbocycles. The average Bonchev–Trinajstić information content (AvgIpc) is 1.88. The van der Waals surface area contributed by atoms with Crippen LogP contribution < -0.4 is 17.6 Å². The van der Waals surface area contributed by atoms with Gasteiger partial charge in [-0.15, -0.1) is 0 Å². The van der Waals surface area contributed by atoms with Gasteiger partial charge >= 0.3 is 6.09 Å². The van der Waals surface area contributed by atoms with Crippen molar-refractivity contribution in [3.05, 3.63) is 0 Å². The summed E-state index contributed by atoms with van der Waals surface area (Å²) in [7, 11) is 0. The minimum atomic E-state index is -1.33. The molecule has 0 fully saturated rings. The van der Waals surface area contributed by atoms with Gasteiger partial charge in [-0.25, -0.2) is 4.79 Å². The highest BCUT2D eigenvalue weighted by Crippen LogP contribution is 1.95. The van der Waals surface area contributed by atoms with Crippen LogP contribution in [-0.2, 0) is 0 Å². The summed E-state index contributed by atoms with van der Waals surface area (Å²) in [6.07, 6.45) is 3.83. The Morgan fingerprint density at radius 3 is 2.00 bits per heavy atom. The predicted molar refractivity (Wildman–Crippen MR) is 50.4 cm³/mol. The second kappa shape index (κ2) is 16.6. The van der Waals surface area contributed by atoms with E-state index in [0.717, 1.165) is 6.54 Å². The lowest BCUT2D eigenvalue weighted by Crippen LogP contribution is -2.03. The molecule has 0 aliphatic rings. The van der Waals surface area contributed by atoms with Gasteiger partial charge in [-0.3, -0.25) is 0 Å². The number of unbranched alkanes of at least 4 members (excludes halogenated alkanes) is 3. The monoisotopic (exact) mass is 179 g/mol. The lowest BCUT2D eigenvalue weighted by molar-refractivity contribution is 0.205. The first-order valence-electron chi connectivity index (χ1n) is 3.83. The highest BCUT2D eigenvalue weighted by Gasteiger charge is 1.80. The van der Waals surface area contributed by atoms with Gasteiger partial charge in [-0.2, -0.15) is 0 Å². The summed E-state index contributed by atoms with van der Waals surface area (Å²) in [5.74, 6) is 0. The van der Waals surface area contributed by atoms with Crippen LogP contribution in [0.25, 0.3) is 0 Å². The summed E-state index contributed by atoms with van der Waals surface area (Å²) in [6, 6.07) is 0. The number of carbonyl (C=O) groups is 1. The molecule has 5 heteroatoms. The van der Waals surface area contributed by atoms with Crippen LogP contribution in [0.15, 0.2) is 0 Å². The lowest BCUT2D eigenvalue weighted by Gasteiger charge is -1.90. The molecule has 0 saturated heterocycles. The summed E-state index contributed by atoms with van der Waals surface area (Å²) in [6.45, 7) is 3.07. The van der Waals surface area contributed by atoms with Crippen molar-refractivity contribution >= 4 is 6.09 Å². The van der Waals surface area contributed by atoms with Crippen LogP contribution in [0.1, 0.15) is 32.6 Å². The molecule has 0 radical (unpaired) electrons. The van der Waals surface area contributed by atoms with Gasteiger partial charge in [0.15, 0.2) is 0 Å². The van der Waals surface area contributed by atoms with Crippen molar-refractivity contribution in [3.8, 4) is 0 Å². The Morgan fingerprint density at radius 1 is 1.33 bits per heavy atom. The van der Waals surface area contributed by atoms with Crippen molar-refractivity contribution in [1.29, 1.82) is 0 Å². The molecular weight excluding hydrogens is 158 g/mol. The van der Waals surface area contributed by atoms with Gasteiger partial charge in [0.05, 0.1) is 0 Å². The molecule has 76 valence electrons. The Kier molecular flexibility index (Phi) is 24.0. The van der Waals surface area contributed by atoms with Gasteiger partial charge in [-0.1, -0.05) is 26.2 Å². The van der Waals surface area contributed by atoms with Crippen LogP contribution in [0, 0.1) is 0 Å². The lowest BCUT2D eigenvalue weighted by atomic mass is 10.2. The predicted octanol–water partition coefficient (Wildman–Crippen LogP) is 1.31. The van der Waals surface area contributed by atoms with E-state index in [4.69, 9.17) is 15.6 Å². The molecule has 0 aromatic heterocycles. The van der Waals surface area contributed by atoms with E-state index in [0.29, 0.717) is 0 Å². The molecule has 12 heavy (non-hydrogen) atoms. The topological polar surface area (TPSA) is 124 Å². The summed E-state index contributed by atoms with van der Waals surface area (Å²) in [5, 5.41) is 7.19. The third-order valence-corrected chi connectivity index (χ3v) is 1.06. The summed E-state index contributed by atoms with van der Waals surface area (Å²) < 4.78 is 0. The Bertz CT molecular complexity index is 80.7. The van der Waals surface area contributed by atoms with E-state index in [1.807, 2.05) is 0 Å². The second-order valence-electron chi connectivity index (χ2n) is 2.19. The third-order valence-electron chi connectivity index (χ3n) is 1.06. The molecular formula is C7H21N3O2. The number of rotatable bonds is 4. The number of amides is 1. The van der Waals surface area contributed by atoms with E-state index in [9.17, 15) is 0 Å². The van der Waals surface area contributed by atoms with Crippen LogP contribution in [0.2, 0.25) is 0 Å². The maximum Gasteiger partial charge on any atom is 0.402 e. The molecule has 0 heterocycles. The standard InChI is InChI=1S/C6H15N.CH3NO2.H3N/c1-2-3-4-5-6-7;2-1(3)4;/h2-7H2,1H3;2H2,(H,3,4);1H3. The molecule has 8 N–H and O–H groups in total. The number of nitrogens with two attached hydrogens (primary N) is 2. The second-order valence-corrected chi connectivity index (χ2v) is 2.19. The highest BCUT2D eigenvalue weighted by molar-refractivity contribution is 5.61. The van der Waals surface area contributed by atoms with E-state index < -0.39 is 6.09 Å². The molecule has 0 saturated carbocycles. The molecule has 0 atom stereocenters. The zero-order valence-corrected chi connectivity index (χ0v) is 7.75. The molecule has 0 unspecified atom stereocenters. The zero-order chi connectivity index (χ0) is 9.11. The van der Waals surface area contributed by atoms with Crippen molar-refractivity contribution in [2.45, 2.75) is 32.6 Å². The largest absolute Gasteiger partial charge is 0.465 e. The average molecular weight is 179 g/mol. The van der Waals surface area contributed by atoms with Crippen molar-refractivity contribution in [1.82, 2.24) is 6.15 Å². The highest BCUT2D eigenvalue weighted by atomic mass is 16.4. The summed E-state index contributed by atoms with van der Waals surface area (Å²) in [5.41, 5.74) is 9.30. The molecule has 0 aliphatic heterocycles. The van der Waals surface area contributed by atoms with Crippen molar-refractivity contribution in [2.24, 2.45) is 11.5 Å². The zero-order valence-electron chi connectivity index (χ0n) is 7.75. The SMILES string of the molecule is CCCCCCN.N.NC(=O)O. The Labute approximate surface area is 73.7 Å². The molecule has 0 aliphatic carbocycles. The maximum absolute atomic E-state index is 8.78. The normalized spacial score (nSPS) is 7.50. The fourth-order valence-corrected chi connectivity index (χ4v) is 0.571. The molecule has 5 nitrogen and oxygen atoms in total. The van der Waals surface area contributed by atoms with E-state index in [-0.39, 0.29) is 6.15 Å². The van der Waals surface area contributed by atoms with Gasteiger partial charge in [-0.05, 0) is 13.0 Å².